The van der Waals surface area contributed by atoms with Crippen molar-refractivity contribution < 1.29 is 9.53 Å². The van der Waals surface area contributed by atoms with E-state index < -0.39 is 0 Å². The number of amides is 1. The molecule has 0 radical (unpaired) electrons. The first kappa shape index (κ1) is 13.4. The van der Waals surface area contributed by atoms with Crippen LogP contribution in [0.5, 0.6) is 5.88 Å². The van der Waals surface area contributed by atoms with Gasteiger partial charge in [-0.05, 0) is 18.6 Å². The van der Waals surface area contributed by atoms with E-state index in [9.17, 15) is 4.79 Å². The smallest absolute Gasteiger partial charge is 0.259 e. The minimum absolute atomic E-state index is 0.0689. The van der Waals surface area contributed by atoms with Crippen LogP contribution in [0.1, 0.15) is 28.4 Å². The third-order valence-electron chi connectivity index (χ3n) is 3.78. The summed E-state index contributed by atoms with van der Waals surface area (Å²) in [5.74, 6) is 0.478. The number of carbonyl (C=O) groups excluding carboxylic acids is 1. The first-order chi connectivity index (χ1) is 10.2. The lowest BCUT2D eigenvalue weighted by molar-refractivity contribution is 0.0786. The van der Waals surface area contributed by atoms with Crippen LogP contribution in [0, 0.1) is 0 Å². The molecule has 0 aromatic carbocycles. The third-order valence-corrected chi connectivity index (χ3v) is 3.78. The summed E-state index contributed by atoms with van der Waals surface area (Å²) in [5.41, 5.74) is 7.91. The highest BCUT2D eigenvalue weighted by atomic mass is 16.5. The molecule has 7 heteroatoms. The third kappa shape index (κ3) is 2.42. The van der Waals surface area contributed by atoms with Crippen LogP contribution in [0.25, 0.3) is 0 Å². The molecule has 2 aromatic heterocycles. The van der Waals surface area contributed by atoms with Gasteiger partial charge in [0.15, 0.2) is 0 Å². The molecule has 3 heterocycles. The van der Waals surface area contributed by atoms with Gasteiger partial charge < -0.3 is 15.4 Å². The number of nitrogens with zero attached hydrogens (tertiary/aromatic N) is 3. The van der Waals surface area contributed by atoms with E-state index in [1.54, 1.807) is 29.4 Å². The minimum atomic E-state index is -0.0689. The molecule has 1 unspecified atom stereocenters. The Morgan fingerprint density at radius 3 is 3.14 bits per heavy atom. The highest BCUT2D eigenvalue weighted by molar-refractivity contribution is 5.96. The average molecular weight is 287 g/mol. The van der Waals surface area contributed by atoms with Crippen LogP contribution in [0.3, 0.4) is 0 Å². The van der Waals surface area contributed by atoms with Gasteiger partial charge in [0.05, 0.1) is 24.7 Å². The molecule has 7 nitrogen and oxygen atoms in total. The van der Waals surface area contributed by atoms with Crippen LogP contribution < -0.4 is 10.5 Å². The number of methoxy groups -OCH3 is 1. The average Bonchev–Trinajstić information content (AvgIpc) is 3.15. The van der Waals surface area contributed by atoms with Crippen molar-refractivity contribution in [2.24, 2.45) is 0 Å². The molecule has 1 aliphatic rings. The summed E-state index contributed by atoms with van der Waals surface area (Å²) in [6.07, 6.45) is 4.07. The van der Waals surface area contributed by atoms with Crippen LogP contribution in [-0.4, -0.2) is 46.2 Å². The predicted molar refractivity (Wildman–Crippen MR) is 77.1 cm³/mol. The van der Waals surface area contributed by atoms with Gasteiger partial charge in [0.2, 0.25) is 5.88 Å². The monoisotopic (exact) mass is 287 g/mol. The van der Waals surface area contributed by atoms with Crippen LogP contribution in [0.4, 0.5) is 5.69 Å². The van der Waals surface area contributed by atoms with E-state index in [-0.39, 0.29) is 11.8 Å². The van der Waals surface area contributed by atoms with Gasteiger partial charge in [-0.15, -0.1) is 0 Å². The molecule has 0 saturated carbocycles. The maximum absolute atomic E-state index is 12.6. The van der Waals surface area contributed by atoms with E-state index in [0.717, 1.165) is 12.1 Å². The number of hydrogen-bond donors (Lipinski definition) is 2. The summed E-state index contributed by atoms with van der Waals surface area (Å²) in [7, 11) is 1.51. The molecular formula is C14H17N5O2. The molecule has 21 heavy (non-hydrogen) atoms. The van der Waals surface area contributed by atoms with E-state index >= 15 is 0 Å². The molecule has 0 bridgehead atoms. The number of aromatic amines is 1. The first-order valence-electron chi connectivity index (χ1n) is 6.77. The Hall–Kier alpha value is -2.57. The van der Waals surface area contributed by atoms with Gasteiger partial charge in [0.1, 0.15) is 5.56 Å². The number of nitrogens with one attached hydrogen (secondary N) is 1. The number of rotatable bonds is 3. The Morgan fingerprint density at radius 2 is 2.43 bits per heavy atom. The van der Waals surface area contributed by atoms with Crippen molar-refractivity contribution in [2.45, 2.75) is 12.3 Å². The summed E-state index contributed by atoms with van der Waals surface area (Å²) in [6, 6.07) is 3.46. The molecule has 0 spiro atoms. The lowest BCUT2D eigenvalue weighted by Crippen LogP contribution is -2.29. The zero-order chi connectivity index (χ0) is 14.8. The fourth-order valence-electron chi connectivity index (χ4n) is 2.70. The largest absolute Gasteiger partial charge is 0.480 e. The Labute approximate surface area is 122 Å². The van der Waals surface area contributed by atoms with Crippen LogP contribution in [0.15, 0.2) is 24.5 Å². The van der Waals surface area contributed by atoms with Gasteiger partial charge in [-0.3, -0.25) is 9.89 Å². The number of ether oxygens (including phenoxy) is 1. The zero-order valence-electron chi connectivity index (χ0n) is 11.7. The molecule has 1 saturated heterocycles. The number of pyridine rings is 1. The summed E-state index contributed by atoms with van der Waals surface area (Å²) in [5, 5.41) is 6.86. The molecule has 3 N–H and O–H groups in total. The maximum Gasteiger partial charge on any atom is 0.259 e. The second-order valence-corrected chi connectivity index (χ2v) is 5.04. The molecule has 3 rings (SSSR count). The van der Waals surface area contributed by atoms with Gasteiger partial charge in [0, 0.05) is 25.2 Å². The van der Waals surface area contributed by atoms with Crippen molar-refractivity contribution in [3.8, 4) is 5.88 Å². The fourth-order valence-corrected chi connectivity index (χ4v) is 2.70. The Kier molecular flexibility index (Phi) is 3.47. The van der Waals surface area contributed by atoms with Crippen molar-refractivity contribution in [3.05, 3.63) is 35.8 Å². The highest BCUT2D eigenvalue weighted by Gasteiger charge is 2.31. The second-order valence-electron chi connectivity index (χ2n) is 5.04. The summed E-state index contributed by atoms with van der Waals surface area (Å²) < 4.78 is 5.15. The number of likely N-dealkylation sites (tertiary alicyclic amines) is 1. The minimum Gasteiger partial charge on any atom is -0.480 e. The number of nitrogen functional groups attached to an aromatic ring is 1. The lowest BCUT2D eigenvalue weighted by Gasteiger charge is -2.17. The highest BCUT2D eigenvalue weighted by Crippen LogP contribution is 2.30. The molecule has 110 valence electrons. The first-order valence-corrected chi connectivity index (χ1v) is 6.77. The standard InChI is InChI=1S/C14H17N5O2/c1-21-13-10(3-2-5-16-13)14(20)19-6-4-9(8-19)12-11(15)7-17-18-12/h2-3,5,7,9H,4,6,8,15H2,1H3,(H,17,18). The molecule has 1 fully saturated rings. The van der Waals surface area contributed by atoms with Crippen molar-refractivity contribution in [3.63, 3.8) is 0 Å². The SMILES string of the molecule is COc1ncccc1C(=O)N1CCC(c2[nH]ncc2N)C1. The molecule has 1 atom stereocenters. The van der Waals surface area contributed by atoms with Crippen molar-refractivity contribution in [1.82, 2.24) is 20.1 Å². The van der Waals surface area contributed by atoms with E-state index in [0.29, 0.717) is 30.2 Å². The number of carbonyl (C=O) groups is 1. The quantitative estimate of drug-likeness (QED) is 0.878. The van der Waals surface area contributed by atoms with E-state index in [2.05, 4.69) is 15.2 Å². The summed E-state index contributed by atoms with van der Waals surface area (Å²) in [4.78, 5) is 18.4. The second kappa shape index (κ2) is 5.43. The van der Waals surface area contributed by atoms with E-state index in [4.69, 9.17) is 10.5 Å². The molecule has 0 aliphatic carbocycles. The van der Waals surface area contributed by atoms with Gasteiger partial charge in [-0.1, -0.05) is 0 Å². The molecular weight excluding hydrogens is 270 g/mol. The number of H-pyrrole nitrogens is 1. The predicted octanol–water partition coefficient (Wildman–Crippen LogP) is 1.03. The van der Waals surface area contributed by atoms with Crippen LogP contribution in [-0.2, 0) is 0 Å². The van der Waals surface area contributed by atoms with Gasteiger partial charge in [0.25, 0.3) is 5.91 Å². The molecule has 2 aromatic rings. The van der Waals surface area contributed by atoms with Gasteiger partial charge >= 0.3 is 0 Å². The van der Waals surface area contributed by atoms with Gasteiger partial charge in [-0.25, -0.2) is 4.98 Å². The number of aromatic nitrogens is 3. The summed E-state index contributed by atoms with van der Waals surface area (Å²) in [6.45, 7) is 1.29. The van der Waals surface area contributed by atoms with Crippen LogP contribution >= 0.6 is 0 Å². The Balaban J connectivity index is 1.77. The number of nitrogens with two attached hydrogens (primary N) is 1. The summed E-state index contributed by atoms with van der Waals surface area (Å²) >= 11 is 0. The Morgan fingerprint density at radius 1 is 1.57 bits per heavy atom. The maximum atomic E-state index is 12.6. The van der Waals surface area contributed by atoms with Crippen molar-refractivity contribution in [2.75, 3.05) is 25.9 Å². The molecule has 1 amide bonds. The molecule has 1 aliphatic heterocycles. The van der Waals surface area contributed by atoms with Crippen molar-refractivity contribution in [1.29, 1.82) is 0 Å². The number of hydrogen-bond acceptors (Lipinski definition) is 5. The zero-order valence-corrected chi connectivity index (χ0v) is 11.7. The topological polar surface area (TPSA) is 97.1 Å². The van der Waals surface area contributed by atoms with E-state index in [1.807, 2.05) is 0 Å². The fraction of sp³-hybridized carbons (Fsp3) is 0.357. The van der Waals surface area contributed by atoms with Crippen LogP contribution in [0.2, 0.25) is 0 Å². The van der Waals surface area contributed by atoms with Gasteiger partial charge in [-0.2, -0.15) is 5.10 Å². The lowest BCUT2D eigenvalue weighted by atomic mass is 10.0. The Bertz CT molecular complexity index is 654. The number of anilines is 1. The van der Waals surface area contributed by atoms with E-state index in [1.165, 1.54) is 7.11 Å². The normalized spacial score (nSPS) is 18.0. The van der Waals surface area contributed by atoms with Crippen molar-refractivity contribution >= 4 is 11.6 Å².